The van der Waals surface area contributed by atoms with Crippen molar-refractivity contribution in [1.82, 2.24) is 9.80 Å². The van der Waals surface area contributed by atoms with Gasteiger partial charge in [0.15, 0.2) is 6.29 Å². The van der Waals surface area contributed by atoms with Gasteiger partial charge >= 0.3 is 0 Å². The second kappa shape index (κ2) is 7.36. The summed E-state index contributed by atoms with van der Waals surface area (Å²) >= 11 is 0. The van der Waals surface area contributed by atoms with Crippen LogP contribution in [-0.2, 0) is 11.3 Å². The molecule has 1 unspecified atom stereocenters. The van der Waals surface area contributed by atoms with Gasteiger partial charge in [-0.1, -0.05) is 30.3 Å². The molecule has 1 atom stereocenters. The lowest BCUT2D eigenvalue weighted by molar-refractivity contribution is -0.178. The molecule has 1 fully saturated rings. The Hall–Kier alpha value is -0.940. The van der Waals surface area contributed by atoms with Gasteiger partial charge in [0.05, 0.1) is 5.54 Å². The lowest BCUT2D eigenvalue weighted by atomic mass is 10.0. The van der Waals surface area contributed by atoms with E-state index in [0.29, 0.717) is 6.61 Å². The summed E-state index contributed by atoms with van der Waals surface area (Å²) in [5.74, 6) is 0. The molecule has 0 aliphatic carbocycles. The van der Waals surface area contributed by atoms with Crippen molar-refractivity contribution in [2.24, 2.45) is 0 Å². The van der Waals surface area contributed by atoms with E-state index in [1.165, 1.54) is 5.56 Å². The van der Waals surface area contributed by atoms with Crippen molar-refractivity contribution >= 4 is 0 Å². The molecule has 1 aliphatic heterocycles. The molecule has 1 aromatic carbocycles. The molecule has 0 radical (unpaired) electrons. The third-order valence-corrected chi connectivity index (χ3v) is 4.37. The van der Waals surface area contributed by atoms with Gasteiger partial charge in [0.2, 0.25) is 0 Å². The third kappa shape index (κ3) is 4.27. The van der Waals surface area contributed by atoms with Crippen LogP contribution in [0, 0.1) is 0 Å². The highest BCUT2D eigenvalue weighted by atomic mass is 16.6. The highest BCUT2D eigenvalue weighted by Crippen LogP contribution is 2.22. The van der Waals surface area contributed by atoms with Crippen LogP contribution in [0.4, 0.5) is 0 Å². The summed E-state index contributed by atoms with van der Waals surface area (Å²) in [4.78, 5) is 4.80. The van der Waals surface area contributed by atoms with E-state index in [-0.39, 0.29) is 5.54 Å². The Balaban J connectivity index is 1.85. The first-order valence-electron chi connectivity index (χ1n) is 7.85. The van der Waals surface area contributed by atoms with Crippen molar-refractivity contribution in [2.75, 3.05) is 32.8 Å². The Morgan fingerprint density at radius 1 is 1.14 bits per heavy atom. The van der Waals surface area contributed by atoms with E-state index < -0.39 is 6.29 Å². The lowest BCUT2D eigenvalue weighted by Crippen LogP contribution is -2.59. The van der Waals surface area contributed by atoms with Crippen LogP contribution in [0.3, 0.4) is 0 Å². The van der Waals surface area contributed by atoms with Gasteiger partial charge in [0.25, 0.3) is 0 Å². The number of benzene rings is 1. The molecule has 118 valence electrons. The maximum absolute atomic E-state index is 10.2. The van der Waals surface area contributed by atoms with E-state index in [1.807, 2.05) is 6.92 Å². The quantitative estimate of drug-likeness (QED) is 0.813. The summed E-state index contributed by atoms with van der Waals surface area (Å²) in [6, 6.07) is 10.6. The number of hydrogen-bond donors (Lipinski definition) is 1. The average molecular weight is 292 g/mol. The minimum Gasteiger partial charge on any atom is -0.366 e. The predicted molar refractivity (Wildman–Crippen MR) is 85.0 cm³/mol. The van der Waals surface area contributed by atoms with Gasteiger partial charge in [-0.05, 0) is 26.3 Å². The molecule has 1 saturated heterocycles. The number of hydrogen-bond acceptors (Lipinski definition) is 4. The summed E-state index contributed by atoms with van der Waals surface area (Å²) in [5.41, 5.74) is 1.02. The van der Waals surface area contributed by atoms with E-state index in [2.05, 4.69) is 54.0 Å². The molecular weight excluding hydrogens is 264 g/mol. The van der Waals surface area contributed by atoms with Crippen molar-refractivity contribution in [1.29, 1.82) is 0 Å². The minimum absolute atomic E-state index is 0.338. The van der Waals surface area contributed by atoms with E-state index >= 15 is 0 Å². The van der Waals surface area contributed by atoms with Crippen LogP contribution < -0.4 is 0 Å². The van der Waals surface area contributed by atoms with Crippen LogP contribution in [0.25, 0.3) is 0 Å². The van der Waals surface area contributed by atoms with Crippen LogP contribution >= 0.6 is 0 Å². The molecule has 0 bridgehead atoms. The van der Waals surface area contributed by atoms with Crippen molar-refractivity contribution in [3.63, 3.8) is 0 Å². The molecule has 4 heteroatoms. The fourth-order valence-corrected chi connectivity index (χ4v) is 2.84. The summed E-state index contributed by atoms with van der Waals surface area (Å²) < 4.78 is 5.38. The Morgan fingerprint density at radius 2 is 1.76 bits per heavy atom. The topological polar surface area (TPSA) is 35.9 Å². The van der Waals surface area contributed by atoms with Crippen molar-refractivity contribution in [3.05, 3.63) is 35.9 Å². The molecule has 0 aromatic heterocycles. The van der Waals surface area contributed by atoms with Gasteiger partial charge < -0.3 is 9.84 Å². The monoisotopic (exact) mass is 292 g/mol. The Kier molecular flexibility index (Phi) is 5.76. The van der Waals surface area contributed by atoms with Gasteiger partial charge in [-0.2, -0.15) is 0 Å². The lowest BCUT2D eigenvalue weighted by Gasteiger charge is -2.45. The van der Waals surface area contributed by atoms with Crippen molar-refractivity contribution < 1.29 is 9.84 Å². The molecule has 2 rings (SSSR count). The minimum atomic E-state index is -0.733. The number of nitrogens with zero attached hydrogens (tertiary/aromatic N) is 2. The van der Waals surface area contributed by atoms with Crippen molar-refractivity contribution in [3.8, 4) is 0 Å². The summed E-state index contributed by atoms with van der Waals surface area (Å²) in [5, 5.41) is 10.2. The average Bonchev–Trinajstić information content (AvgIpc) is 2.49. The molecule has 0 spiro atoms. The zero-order chi connectivity index (χ0) is 15.3. The highest BCUT2D eigenvalue weighted by Gasteiger charge is 2.36. The standard InChI is InChI=1S/C17H28N2O2/c1-4-21-16(20)17(2,3)19-12-10-18(11-13-19)14-15-8-6-5-7-9-15/h5-9,16,20H,4,10-14H2,1-3H3. The van der Waals surface area contributed by atoms with Gasteiger partial charge in [-0.15, -0.1) is 0 Å². The van der Waals surface area contributed by atoms with Gasteiger partial charge in [0.1, 0.15) is 0 Å². The zero-order valence-electron chi connectivity index (χ0n) is 13.5. The van der Waals surface area contributed by atoms with Crippen LogP contribution in [0.2, 0.25) is 0 Å². The number of aliphatic hydroxyl groups excluding tert-OH is 1. The van der Waals surface area contributed by atoms with Crippen LogP contribution in [0.1, 0.15) is 26.3 Å². The number of ether oxygens (including phenoxy) is 1. The van der Waals surface area contributed by atoms with E-state index in [0.717, 1.165) is 32.7 Å². The Morgan fingerprint density at radius 3 is 2.33 bits per heavy atom. The molecule has 1 heterocycles. The van der Waals surface area contributed by atoms with Crippen molar-refractivity contribution in [2.45, 2.75) is 39.1 Å². The summed E-state index contributed by atoms with van der Waals surface area (Å²) in [6.45, 7) is 11.5. The maximum Gasteiger partial charge on any atom is 0.172 e. The first kappa shape index (κ1) is 16.4. The fourth-order valence-electron chi connectivity index (χ4n) is 2.84. The second-order valence-electron chi connectivity index (χ2n) is 6.21. The molecule has 4 nitrogen and oxygen atoms in total. The SMILES string of the molecule is CCOC(O)C(C)(C)N1CCN(Cc2ccccc2)CC1. The molecular formula is C17H28N2O2. The number of piperazine rings is 1. The second-order valence-corrected chi connectivity index (χ2v) is 6.21. The zero-order valence-corrected chi connectivity index (χ0v) is 13.5. The molecule has 0 saturated carbocycles. The van der Waals surface area contributed by atoms with Gasteiger partial charge in [-0.25, -0.2) is 0 Å². The van der Waals surface area contributed by atoms with E-state index in [4.69, 9.17) is 4.74 Å². The van der Waals surface area contributed by atoms with Crippen LogP contribution in [-0.4, -0.2) is 59.5 Å². The van der Waals surface area contributed by atoms with E-state index in [1.54, 1.807) is 0 Å². The third-order valence-electron chi connectivity index (χ3n) is 4.37. The maximum atomic E-state index is 10.2. The first-order valence-corrected chi connectivity index (χ1v) is 7.85. The smallest absolute Gasteiger partial charge is 0.172 e. The molecule has 1 aromatic rings. The highest BCUT2D eigenvalue weighted by molar-refractivity contribution is 5.14. The van der Waals surface area contributed by atoms with E-state index in [9.17, 15) is 5.11 Å². The summed E-state index contributed by atoms with van der Waals surface area (Å²) in [6.07, 6.45) is -0.733. The fraction of sp³-hybridized carbons (Fsp3) is 0.647. The van der Waals surface area contributed by atoms with Gasteiger partial charge in [-0.3, -0.25) is 9.80 Å². The number of rotatable bonds is 6. The first-order chi connectivity index (χ1) is 10.0. The molecule has 1 aliphatic rings. The number of aliphatic hydroxyl groups is 1. The normalized spacial score (nSPS) is 19.6. The molecule has 21 heavy (non-hydrogen) atoms. The van der Waals surface area contributed by atoms with Crippen LogP contribution in [0.5, 0.6) is 0 Å². The molecule has 1 N–H and O–H groups in total. The van der Waals surface area contributed by atoms with Crippen LogP contribution in [0.15, 0.2) is 30.3 Å². The summed E-state index contributed by atoms with van der Waals surface area (Å²) in [7, 11) is 0. The Labute approximate surface area is 128 Å². The predicted octanol–water partition coefficient (Wildman–Crippen LogP) is 1.94. The Bertz CT molecular complexity index is 414. The largest absolute Gasteiger partial charge is 0.366 e. The molecule has 0 amide bonds. The van der Waals surface area contributed by atoms with Gasteiger partial charge in [0, 0.05) is 39.3 Å².